The summed E-state index contributed by atoms with van der Waals surface area (Å²) in [6, 6.07) is 4.30. The fourth-order valence-corrected chi connectivity index (χ4v) is 9.45. The minimum absolute atomic E-state index is 0.0299. The number of nitrogens with zero attached hydrogens (tertiary/aromatic N) is 1. The lowest BCUT2D eigenvalue weighted by Gasteiger charge is -2.45. The Balaban J connectivity index is 1.42. The van der Waals surface area contributed by atoms with E-state index < -0.39 is 82.9 Å². The topological polar surface area (TPSA) is 193 Å². The van der Waals surface area contributed by atoms with Crippen molar-refractivity contribution in [3.8, 4) is 10.6 Å². The minimum Gasteiger partial charge on any atom is -0.455 e. The number of ketones is 2. The van der Waals surface area contributed by atoms with Gasteiger partial charge >= 0.3 is 12.1 Å². The van der Waals surface area contributed by atoms with Crippen LogP contribution < -0.4 is 10.6 Å². The number of aromatic nitrogens is 1. The van der Waals surface area contributed by atoms with Gasteiger partial charge in [-0.2, -0.15) is 0 Å². The molecular formula is C39H54FN3O11S. The number of carbonyl (C=O) groups is 5. The molecule has 12 atom stereocenters. The third-order valence-electron chi connectivity index (χ3n) is 11.5. The van der Waals surface area contributed by atoms with Gasteiger partial charge in [0, 0.05) is 41.7 Å². The smallest absolute Gasteiger partial charge is 0.408 e. The predicted octanol–water partition coefficient (Wildman–Crippen LogP) is 4.95. The number of Topliss-reactive ketones (excluding diaryl/α,β-unsaturated/α-hetero) is 2. The summed E-state index contributed by atoms with van der Waals surface area (Å²) in [5, 5.41) is 20.4. The first-order valence-corrected chi connectivity index (χ1v) is 19.7. The second-order valence-corrected chi connectivity index (χ2v) is 17.7. The zero-order valence-electron chi connectivity index (χ0n) is 32.9. The van der Waals surface area contributed by atoms with E-state index in [1.807, 2.05) is 19.9 Å². The van der Waals surface area contributed by atoms with Gasteiger partial charge in [-0.3, -0.25) is 14.4 Å². The Bertz CT molecular complexity index is 1730. The van der Waals surface area contributed by atoms with E-state index in [2.05, 4.69) is 15.8 Å². The molecule has 4 unspecified atom stereocenters. The summed E-state index contributed by atoms with van der Waals surface area (Å²) in [5.41, 5.74) is -5.27. The van der Waals surface area contributed by atoms with E-state index >= 15 is 4.39 Å². The molecule has 3 N–H and O–H groups in total. The molecule has 2 aromatic rings. The molecular weight excluding hydrogens is 738 g/mol. The van der Waals surface area contributed by atoms with Gasteiger partial charge in [0.15, 0.2) is 17.7 Å². The Kier molecular flexibility index (Phi) is 12.6. The van der Waals surface area contributed by atoms with Crippen molar-refractivity contribution in [1.29, 1.82) is 0 Å². The Hall–Kier alpha value is -3.73. The van der Waals surface area contributed by atoms with Gasteiger partial charge in [0.2, 0.25) is 5.91 Å². The summed E-state index contributed by atoms with van der Waals surface area (Å²) >= 11 is 1.37. The Morgan fingerprint density at radius 2 is 1.78 bits per heavy atom. The highest BCUT2D eigenvalue weighted by atomic mass is 32.1. The summed E-state index contributed by atoms with van der Waals surface area (Å²) in [4.78, 5) is 69.7. The lowest BCUT2D eigenvalue weighted by atomic mass is 9.69. The van der Waals surface area contributed by atoms with E-state index in [0.29, 0.717) is 12.1 Å². The second-order valence-electron chi connectivity index (χ2n) is 16.6. The van der Waals surface area contributed by atoms with Gasteiger partial charge in [0.05, 0.1) is 29.5 Å². The SMILES string of the molecule is CC1CC(C)C(O)C(O[C@@H]2[C@@H](C)C(=O)[C@](C)(F)C(=O)O[C@H](CCNC(=O)Cc3ccc(-c4ccon4)s3)[C@@]3(C)OC(=O)N[C@@H]3[C@@H](C)C(=O)[C@H](C)CC2(C)C)O1. The summed E-state index contributed by atoms with van der Waals surface area (Å²) in [7, 11) is 0. The first kappa shape index (κ1) is 42.4. The number of rotatable bonds is 8. The molecule has 3 fully saturated rings. The summed E-state index contributed by atoms with van der Waals surface area (Å²) in [6.07, 6.45) is -3.80. The van der Waals surface area contributed by atoms with Crippen molar-refractivity contribution in [3.05, 3.63) is 29.3 Å². The first-order valence-electron chi connectivity index (χ1n) is 18.9. The fourth-order valence-electron chi connectivity index (χ4n) is 8.48. The molecule has 0 saturated carbocycles. The van der Waals surface area contributed by atoms with Crippen LogP contribution in [0.25, 0.3) is 10.6 Å². The molecule has 55 heavy (non-hydrogen) atoms. The molecule has 14 nitrogen and oxygen atoms in total. The van der Waals surface area contributed by atoms with Crippen LogP contribution in [0, 0.1) is 29.1 Å². The normalized spacial score (nSPS) is 37.3. The standard InChI is InChI=1S/C39H54FN3O11S/c1-19-16-21(3)51-34(30(19)46)53-33-23(5)32(47)38(8,40)35(48)52-27(12-14-41-28(44)17-24-10-11-26(55-24)25-13-15-50-43-25)39(9)31(42-36(49)54-39)22(4)29(45)20(2)18-37(33,6)7/h10-11,13,15,19-23,27,30-31,33-34,46H,12,14,16-18H2,1-9H3,(H,41,44)(H,42,49)/t19?,20-,21?,22+,23+,27-,30?,31-,33-,34?,38+,39-/m1/s1. The van der Waals surface area contributed by atoms with Crippen LogP contribution in [0.15, 0.2) is 29.0 Å². The number of alkyl halides is 1. The molecule has 0 aromatic carbocycles. The number of hydrogen-bond acceptors (Lipinski definition) is 13. The van der Waals surface area contributed by atoms with E-state index in [1.54, 1.807) is 39.8 Å². The van der Waals surface area contributed by atoms with Gasteiger partial charge in [-0.15, -0.1) is 11.3 Å². The van der Waals surface area contributed by atoms with Gasteiger partial charge < -0.3 is 39.2 Å². The van der Waals surface area contributed by atoms with E-state index in [4.69, 9.17) is 23.5 Å². The number of esters is 1. The molecule has 3 aliphatic rings. The zero-order chi connectivity index (χ0) is 40.6. The summed E-state index contributed by atoms with van der Waals surface area (Å²) in [5.74, 6) is -6.27. The molecule has 5 heterocycles. The molecule has 3 aliphatic heterocycles. The first-order chi connectivity index (χ1) is 25.6. The lowest BCUT2D eigenvalue weighted by Crippen LogP contribution is -2.59. The number of cyclic esters (lactones) is 1. The number of thiophene rings is 1. The van der Waals surface area contributed by atoms with Gasteiger partial charge in [-0.1, -0.05) is 46.7 Å². The van der Waals surface area contributed by atoms with Crippen molar-refractivity contribution in [2.45, 2.75) is 136 Å². The van der Waals surface area contributed by atoms with Crippen LogP contribution in [-0.4, -0.2) is 94.4 Å². The van der Waals surface area contributed by atoms with Crippen LogP contribution in [0.3, 0.4) is 0 Å². The van der Waals surface area contributed by atoms with Crippen LogP contribution in [-0.2, 0) is 44.5 Å². The van der Waals surface area contributed by atoms with E-state index in [9.17, 15) is 29.1 Å². The zero-order valence-corrected chi connectivity index (χ0v) is 33.7. The van der Waals surface area contributed by atoms with Crippen molar-refractivity contribution in [1.82, 2.24) is 15.8 Å². The summed E-state index contributed by atoms with van der Waals surface area (Å²) < 4.78 is 45.6. The third-order valence-corrected chi connectivity index (χ3v) is 12.6. The molecule has 0 bridgehead atoms. The van der Waals surface area contributed by atoms with E-state index in [0.717, 1.165) is 16.7 Å². The average molecular weight is 792 g/mol. The third kappa shape index (κ3) is 8.97. The maximum absolute atomic E-state index is 16.8. The molecule has 0 spiro atoms. The predicted molar refractivity (Wildman–Crippen MR) is 197 cm³/mol. The number of nitrogens with one attached hydrogen (secondary N) is 2. The minimum atomic E-state index is -3.20. The number of aliphatic hydroxyl groups excluding tert-OH is 1. The van der Waals surface area contributed by atoms with Crippen molar-refractivity contribution in [3.63, 3.8) is 0 Å². The molecule has 2 aromatic heterocycles. The molecule has 16 heteroatoms. The molecule has 3 saturated heterocycles. The number of halogens is 1. The largest absolute Gasteiger partial charge is 0.455 e. The van der Waals surface area contributed by atoms with Crippen LogP contribution in [0.5, 0.6) is 0 Å². The van der Waals surface area contributed by atoms with Crippen LogP contribution in [0.2, 0.25) is 0 Å². The highest BCUT2D eigenvalue weighted by Crippen LogP contribution is 2.43. The highest BCUT2D eigenvalue weighted by Gasteiger charge is 2.59. The van der Waals surface area contributed by atoms with Gasteiger partial charge in [-0.05, 0) is 57.1 Å². The Morgan fingerprint density at radius 1 is 1.07 bits per heavy atom. The number of amides is 2. The molecule has 304 valence electrons. The highest BCUT2D eigenvalue weighted by molar-refractivity contribution is 7.15. The number of carbonyl (C=O) groups excluding carboxylic acids is 5. The average Bonchev–Trinajstić information content (AvgIpc) is 3.87. The van der Waals surface area contributed by atoms with Crippen LogP contribution >= 0.6 is 11.3 Å². The Morgan fingerprint density at radius 3 is 2.45 bits per heavy atom. The van der Waals surface area contributed by atoms with E-state index in [-0.39, 0.29) is 49.5 Å². The molecule has 0 radical (unpaired) electrons. The number of hydrogen-bond donors (Lipinski definition) is 3. The summed E-state index contributed by atoms with van der Waals surface area (Å²) in [6.45, 7) is 14.3. The monoisotopic (exact) mass is 791 g/mol. The quantitative estimate of drug-likeness (QED) is 0.241. The maximum atomic E-state index is 16.8. The number of ether oxygens (including phenoxy) is 4. The van der Waals surface area contributed by atoms with Gasteiger partial charge in [0.1, 0.15) is 29.9 Å². The van der Waals surface area contributed by atoms with Crippen molar-refractivity contribution in [2.75, 3.05) is 6.54 Å². The van der Waals surface area contributed by atoms with Crippen molar-refractivity contribution in [2.24, 2.45) is 29.1 Å². The number of aliphatic hydroxyl groups is 1. The molecule has 5 rings (SSSR count). The van der Waals surface area contributed by atoms with Crippen LogP contribution in [0.4, 0.5) is 9.18 Å². The van der Waals surface area contributed by atoms with Crippen LogP contribution in [0.1, 0.15) is 86.5 Å². The lowest BCUT2D eigenvalue weighted by molar-refractivity contribution is -0.284. The number of alkyl carbamates (subject to hydrolysis) is 1. The Labute approximate surface area is 324 Å². The van der Waals surface area contributed by atoms with E-state index in [1.165, 1.54) is 31.4 Å². The van der Waals surface area contributed by atoms with Gasteiger partial charge in [-0.25, -0.2) is 14.0 Å². The van der Waals surface area contributed by atoms with Crippen molar-refractivity contribution >= 4 is 40.9 Å². The second kappa shape index (κ2) is 16.4. The maximum Gasteiger partial charge on any atom is 0.408 e. The van der Waals surface area contributed by atoms with Gasteiger partial charge in [0.25, 0.3) is 5.67 Å². The number of fused-ring (bicyclic) bond motifs is 1. The molecule has 0 aliphatic carbocycles. The van der Waals surface area contributed by atoms with Crippen molar-refractivity contribution < 1.29 is 56.9 Å². The fraction of sp³-hybridized carbons (Fsp3) is 0.692. The molecule has 2 amide bonds.